The Morgan fingerprint density at radius 3 is 2.08 bits per heavy atom. The van der Waals surface area contributed by atoms with Crippen LogP contribution in [0.15, 0.2) is 24.3 Å². The fourth-order valence-corrected chi connectivity index (χ4v) is 1.98. The molecule has 0 saturated carbocycles. The van der Waals surface area contributed by atoms with Gasteiger partial charge in [-0.3, -0.25) is 4.57 Å². The first kappa shape index (κ1) is 10.1. The van der Waals surface area contributed by atoms with Crippen molar-refractivity contribution in [3.8, 4) is 0 Å². The van der Waals surface area contributed by atoms with Crippen LogP contribution in [0, 0.1) is 0 Å². The number of rotatable bonds is 2. The predicted molar refractivity (Wildman–Crippen MR) is 53.3 cm³/mol. The van der Waals surface area contributed by atoms with E-state index in [4.69, 9.17) is 28.2 Å². The van der Waals surface area contributed by atoms with Crippen molar-refractivity contribution < 1.29 is 4.57 Å². The minimum atomic E-state index is -3.14. The molecule has 0 heterocycles. The molecule has 5 heteroatoms. The fourth-order valence-electron chi connectivity index (χ4n) is 0.806. The van der Waals surface area contributed by atoms with E-state index in [-0.39, 0.29) is 0 Å². The van der Waals surface area contributed by atoms with Crippen LogP contribution < -0.4 is 11.0 Å². The average molecular weight is 224 g/mol. The highest BCUT2D eigenvalue weighted by Gasteiger charge is 2.16. The molecule has 0 saturated heterocycles. The third kappa shape index (κ3) is 2.49. The predicted octanol–water partition coefficient (Wildman–Crippen LogP) is 2.44. The summed E-state index contributed by atoms with van der Waals surface area (Å²) in [4.78, 5) is 0. The summed E-state index contributed by atoms with van der Waals surface area (Å²) in [6.45, 7) is 0.454. The van der Waals surface area contributed by atoms with E-state index in [1.54, 1.807) is 24.3 Å². The SMILES string of the molecule is NCc1ccc(P(=O)(Cl)Cl)cc1. The summed E-state index contributed by atoms with van der Waals surface area (Å²) in [6.07, 6.45) is 0. The molecule has 0 aromatic heterocycles. The molecule has 66 valence electrons. The molecule has 1 rings (SSSR count). The van der Waals surface area contributed by atoms with Gasteiger partial charge in [-0.25, -0.2) is 0 Å². The van der Waals surface area contributed by atoms with E-state index in [9.17, 15) is 4.57 Å². The van der Waals surface area contributed by atoms with Gasteiger partial charge < -0.3 is 5.73 Å². The van der Waals surface area contributed by atoms with Gasteiger partial charge in [0.15, 0.2) is 0 Å². The van der Waals surface area contributed by atoms with Gasteiger partial charge in [0.25, 0.3) is 5.85 Å². The molecule has 0 aliphatic rings. The third-order valence-electron chi connectivity index (χ3n) is 1.47. The summed E-state index contributed by atoms with van der Waals surface area (Å²) >= 11 is 10.9. The maximum absolute atomic E-state index is 11.1. The number of nitrogens with two attached hydrogens (primary N) is 1. The highest BCUT2D eigenvalue weighted by Crippen LogP contribution is 2.55. The van der Waals surface area contributed by atoms with Gasteiger partial charge >= 0.3 is 0 Å². The summed E-state index contributed by atoms with van der Waals surface area (Å²) in [5, 5.41) is 0.447. The van der Waals surface area contributed by atoms with Crippen LogP contribution in [0.2, 0.25) is 0 Å². The standard InChI is InChI=1S/C7H8Cl2NOP/c8-12(9,11)7-3-1-6(5-10)2-4-7/h1-4H,5,10H2. The summed E-state index contributed by atoms with van der Waals surface area (Å²) in [5.41, 5.74) is 6.33. The van der Waals surface area contributed by atoms with Crippen molar-refractivity contribution in [1.82, 2.24) is 0 Å². The molecule has 0 amide bonds. The second kappa shape index (κ2) is 3.80. The number of hydrogen-bond donors (Lipinski definition) is 1. The first-order valence-electron chi connectivity index (χ1n) is 3.33. The topological polar surface area (TPSA) is 43.1 Å². The van der Waals surface area contributed by atoms with Crippen molar-refractivity contribution in [2.45, 2.75) is 6.54 Å². The summed E-state index contributed by atoms with van der Waals surface area (Å²) < 4.78 is 11.1. The largest absolute Gasteiger partial charge is 0.326 e. The van der Waals surface area contributed by atoms with Gasteiger partial charge in [0.1, 0.15) is 0 Å². The highest BCUT2D eigenvalue weighted by molar-refractivity contribution is 8.13. The molecule has 0 unspecified atom stereocenters. The zero-order valence-corrected chi connectivity index (χ0v) is 8.61. The van der Waals surface area contributed by atoms with E-state index in [2.05, 4.69) is 0 Å². The molecular weight excluding hydrogens is 216 g/mol. The van der Waals surface area contributed by atoms with E-state index in [0.717, 1.165) is 5.56 Å². The number of halogens is 2. The van der Waals surface area contributed by atoms with Crippen LogP contribution in [0.5, 0.6) is 0 Å². The zero-order chi connectivity index (χ0) is 9.19. The van der Waals surface area contributed by atoms with Gasteiger partial charge in [-0.1, -0.05) is 12.1 Å². The molecule has 1 aromatic rings. The Labute approximate surface area is 80.6 Å². The van der Waals surface area contributed by atoms with Crippen molar-refractivity contribution in [3.05, 3.63) is 29.8 Å². The Balaban J connectivity index is 3.01. The minimum absolute atomic E-state index is 0.447. The molecule has 0 radical (unpaired) electrons. The third-order valence-corrected chi connectivity index (χ3v) is 3.54. The van der Waals surface area contributed by atoms with E-state index < -0.39 is 5.85 Å². The van der Waals surface area contributed by atoms with Gasteiger partial charge in [-0.05, 0) is 40.2 Å². The van der Waals surface area contributed by atoms with Crippen LogP contribution in [0.3, 0.4) is 0 Å². The van der Waals surface area contributed by atoms with Crippen molar-refractivity contribution in [2.24, 2.45) is 5.73 Å². The van der Waals surface area contributed by atoms with Gasteiger partial charge in [0.05, 0.1) is 0 Å². The van der Waals surface area contributed by atoms with Gasteiger partial charge in [-0.2, -0.15) is 0 Å². The smallest absolute Gasteiger partial charge is 0.281 e. The van der Waals surface area contributed by atoms with Crippen molar-refractivity contribution in [2.75, 3.05) is 0 Å². The zero-order valence-electron chi connectivity index (χ0n) is 6.21. The fraction of sp³-hybridized carbons (Fsp3) is 0.143. The first-order valence-corrected chi connectivity index (χ1v) is 6.84. The van der Waals surface area contributed by atoms with Crippen molar-refractivity contribution in [1.29, 1.82) is 0 Å². The highest BCUT2D eigenvalue weighted by atomic mass is 35.9. The molecule has 0 bridgehead atoms. The van der Waals surface area contributed by atoms with Crippen LogP contribution in [0.1, 0.15) is 5.56 Å². The molecule has 1 aromatic carbocycles. The van der Waals surface area contributed by atoms with Crippen LogP contribution >= 0.6 is 28.3 Å². The van der Waals surface area contributed by atoms with Crippen molar-refractivity contribution >= 4 is 33.6 Å². The van der Waals surface area contributed by atoms with E-state index in [1.807, 2.05) is 0 Å². The quantitative estimate of drug-likeness (QED) is 0.784. The second-order valence-corrected chi connectivity index (χ2v) is 7.15. The molecule has 0 aliphatic carbocycles. The minimum Gasteiger partial charge on any atom is -0.326 e. The monoisotopic (exact) mass is 223 g/mol. The number of hydrogen-bond acceptors (Lipinski definition) is 2. The van der Waals surface area contributed by atoms with E-state index in [0.29, 0.717) is 11.8 Å². The lowest BCUT2D eigenvalue weighted by Gasteiger charge is -2.02. The Hall–Kier alpha value is -0.0100. The molecule has 0 aliphatic heterocycles. The normalized spacial score (nSPS) is 11.6. The second-order valence-electron chi connectivity index (χ2n) is 2.33. The molecule has 2 N–H and O–H groups in total. The lowest BCUT2D eigenvalue weighted by atomic mass is 10.2. The molecule has 0 fully saturated rings. The lowest BCUT2D eigenvalue weighted by Crippen LogP contribution is -2.00. The summed E-state index contributed by atoms with van der Waals surface area (Å²) in [7, 11) is 0. The van der Waals surface area contributed by atoms with Gasteiger partial charge in [0, 0.05) is 11.8 Å². The first-order chi connectivity index (χ1) is 5.54. The van der Waals surface area contributed by atoms with Gasteiger partial charge in [0.2, 0.25) is 0 Å². The van der Waals surface area contributed by atoms with Crippen LogP contribution in [-0.4, -0.2) is 0 Å². The van der Waals surface area contributed by atoms with E-state index in [1.165, 1.54) is 0 Å². The van der Waals surface area contributed by atoms with Gasteiger partial charge in [-0.15, -0.1) is 0 Å². The Bertz CT molecular complexity index is 306. The maximum Gasteiger partial charge on any atom is 0.281 e. The average Bonchev–Trinajstić information content (AvgIpc) is 2.03. The van der Waals surface area contributed by atoms with Crippen LogP contribution in [0.4, 0.5) is 0 Å². The summed E-state index contributed by atoms with van der Waals surface area (Å²) in [6, 6.07) is 6.77. The van der Waals surface area contributed by atoms with Crippen LogP contribution in [0.25, 0.3) is 0 Å². The Kier molecular flexibility index (Phi) is 3.19. The molecule has 0 spiro atoms. The number of benzene rings is 1. The lowest BCUT2D eigenvalue weighted by molar-refractivity contribution is 0.597. The summed E-state index contributed by atoms with van der Waals surface area (Å²) in [5.74, 6) is -3.14. The Morgan fingerprint density at radius 1 is 1.25 bits per heavy atom. The Morgan fingerprint density at radius 2 is 1.75 bits per heavy atom. The maximum atomic E-state index is 11.1. The van der Waals surface area contributed by atoms with E-state index >= 15 is 0 Å². The van der Waals surface area contributed by atoms with Crippen molar-refractivity contribution in [3.63, 3.8) is 0 Å². The molecular formula is C7H8Cl2NOP. The molecule has 12 heavy (non-hydrogen) atoms. The molecule has 2 nitrogen and oxygen atoms in total. The molecule has 0 atom stereocenters. The van der Waals surface area contributed by atoms with Crippen LogP contribution in [-0.2, 0) is 11.1 Å².